The van der Waals surface area contributed by atoms with Gasteiger partial charge in [-0.1, -0.05) is 20.3 Å². The van der Waals surface area contributed by atoms with Crippen LogP contribution in [0.25, 0.3) is 11.6 Å². The number of furan rings is 1. The molecule has 2 aromatic heterocycles. The van der Waals surface area contributed by atoms with Gasteiger partial charge in [0.25, 0.3) is 0 Å². The highest BCUT2D eigenvalue weighted by atomic mass is 16.3. The molecule has 4 heteroatoms. The van der Waals surface area contributed by atoms with E-state index in [2.05, 4.69) is 29.1 Å². The van der Waals surface area contributed by atoms with Crippen molar-refractivity contribution in [3.05, 3.63) is 30.2 Å². The van der Waals surface area contributed by atoms with Crippen molar-refractivity contribution in [3.8, 4) is 11.6 Å². The quantitative estimate of drug-likeness (QED) is 0.846. The summed E-state index contributed by atoms with van der Waals surface area (Å²) in [5.74, 6) is 2.25. The first-order valence-electron chi connectivity index (χ1n) is 6.49. The Labute approximate surface area is 107 Å². The van der Waals surface area contributed by atoms with Crippen LogP contribution in [0, 0.1) is 0 Å². The molecule has 0 aliphatic heterocycles. The number of anilines is 1. The van der Waals surface area contributed by atoms with Crippen LogP contribution in [0.3, 0.4) is 0 Å². The maximum Gasteiger partial charge on any atom is 0.197 e. The fourth-order valence-corrected chi connectivity index (χ4v) is 1.74. The number of nitrogens with zero attached hydrogens (tertiary/aromatic N) is 2. The summed E-state index contributed by atoms with van der Waals surface area (Å²) in [5, 5.41) is 3.30. The van der Waals surface area contributed by atoms with Crippen molar-refractivity contribution in [1.82, 2.24) is 9.97 Å². The first-order valence-corrected chi connectivity index (χ1v) is 6.49. The fourth-order valence-electron chi connectivity index (χ4n) is 1.74. The van der Waals surface area contributed by atoms with Crippen molar-refractivity contribution < 1.29 is 4.42 Å². The van der Waals surface area contributed by atoms with E-state index in [0.717, 1.165) is 37.3 Å². The van der Waals surface area contributed by atoms with Gasteiger partial charge in [0.05, 0.1) is 6.26 Å². The van der Waals surface area contributed by atoms with Gasteiger partial charge in [-0.05, 0) is 25.0 Å². The molecule has 18 heavy (non-hydrogen) atoms. The first kappa shape index (κ1) is 12.6. The average Bonchev–Trinajstić information content (AvgIpc) is 2.90. The molecule has 0 aromatic carbocycles. The number of aryl methyl sites for hydroxylation is 1. The van der Waals surface area contributed by atoms with Gasteiger partial charge in [-0.15, -0.1) is 0 Å². The lowest BCUT2D eigenvalue weighted by Crippen LogP contribution is -2.05. The van der Waals surface area contributed by atoms with Gasteiger partial charge in [0.15, 0.2) is 11.6 Å². The summed E-state index contributed by atoms with van der Waals surface area (Å²) in [6.45, 7) is 5.20. The molecule has 0 fully saturated rings. The zero-order chi connectivity index (χ0) is 12.8. The second-order valence-corrected chi connectivity index (χ2v) is 4.22. The topological polar surface area (TPSA) is 51.0 Å². The van der Waals surface area contributed by atoms with Crippen molar-refractivity contribution in [3.63, 3.8) is 0 Å². The largest absolute Gasteiger partial charge is 0.461 e. The van der Waals surface area contributed by atoms with E-state index in [0.29, 0.717) is 11.6 Å². The molecule has 4 nitrogen and oxygen atoms in total. The summed E-state index contributed by atoms with van der Waals surface area (Å²) < 4.78 is 5.36. The van der Waals surface area contributed by atoms with E-state index < -0.39 is 0 Å². The molecule has 0 atom stereocenters. The minimum atomic E-state index is 0.657. The summed E-state index contributed by atoms with van der Waals surface area (Å²) >= 11 is 0. The zero-order valence-corrected chi connectivity index (χ0v) is 10.9. The molecule has 0 saturated carbocycles. The average molecular weight is 245 g/mol. The molecule has 0 aliphatic rings. The Morgan fingerprint density at radius 3 is 2.78 bits per heavy atom. The number of hydrogen-bond donors (Lipinski definition) is 1. The summed E-state index contributed by atoms with van der Waals surface area (Å²) in [6, 6.07) is 5.75. The molecule has 2 heterocycles. The van der Waals surface area contributed by atoms with Crippen LogP contribution >= 0.6 is 0 Å². The van der Waals surface area contributed by atoms with Crippen LogP contribution in [0.1, 0.15) is 32.4 Å². The monoisotopic (exact) mass is 245 g/mol. The van der Waals surface area contributed by atoms with Gasteiger partial charge >= 0.3 is 0 Å². The van der Waals surface area contributed by atoms with Crippen molar-refractivity contribution in [2.24, 2.45) is 0 Å². The lowest BCUT2D eigenvalue weighted by molar-refractivity contribution is 0.576. The Bertz CT molecular complexity index is 480. The van der Waals surface area contributed by atoms with E-state index >= 15 is 0 Å². The third-order valence-electron chi connectivity index (χ3n) is 2.58. The van der Waals surface area contributed by atoms with Gasteiger partial charge in [-0.2, -0.15) is 0 Å². The third-order valence-corrected chi connectivity index (χ3v) is 2.58. The molecule has 0 radical (unpaired) electrons. The van der Waals surface area contributed by atoms with Gasteiger partial charge in [-0.3, -0.25) is 0 Å². The van der Waals surface area contributed by atoms with E-state index in [1.807, 2.05) is 18.2 Å². The predicted octanol–water partition coefficient (Wildman–Crippen LogP) is 3.51. The van der Waals surface area contributed by atoms with E-state index in [4.69, 9.17) is 4.42 Å². The van der Waals surface area contributed by atoms with E-state index in [1.165, 1.54) is 0 Å². The van der Waals surface area contributed by atoms with Crippen LogP contribution in [0.4, 0.5) is 5.82 Å². The van der Waals surface area contributed by atoms with Gasteiger partial charge in [0, 0.05) is 18.3 Å². The fraction of sp³-hybridized carbons (Fsp3) is 0.429. The molecule has 96 valence electrons. The summed E-state index contributed by atoms with van der Waals surface area (Å²) in [7, 11) is 0. The maximum absolute atomic E-state index is 5.36. The Morgan fingerprint density at radius 2 is 2.11 bits per heavy atom. The van der Waals surface area contributed by atoms with Gasteiger partial charge in [-0.25, -0.2) is 9.97 Å². The second-order valence-electron chi connectivity index (χ2n) is 4.22. The molecule has 1 N–H and O–H groups in total. The standard InChI is InChI=1S/C14H19N3O/c1-3-6-11-10-13(15-8-4-2)17-14(16-11)12-7-5-9-18-12/h5,7,9-10H,3-4,6,8H2,1-2H3,(H,15,16,17). The van der Waals surface area contributed by atoms with Gasteiger partial charge in [0.2, 0.25) is 0 Å². The molecule has 0 bridgehead atoms. The minimum Gasteiger partial charge on any atom is -0.461 e. The lowest BCUT2D eigenvalue weighted by atomic mass is 10.2. The summed E-state index contributed by atoms with van der Waals surface area (Å²) in [6.07, 6.45) is 4.74. The summed E-state index contributed by atoms with van der Waals surface area (Å²) in [5.41, 5.74) is 1.05. The van der Waals surface area contributed by atoms with Gasteiger partial charge < -0.3 is 9.73 Å². The van der Waals surface area contributed by atoms with E-state index in [1.54, 1.807) is 6.26 Å². The zero-order valence-electron chi connectivity index (χ0n) is 10.9. The van der Waals surface area contributed by atoms with Crippen molar-refractivity contribution in [2.75, 3.05) is 11.9 Å². The van der Waals surface area contributed by atoms with Crippen molar-refractivity contribution in [1.29, 1.82) is 0 Å². The number of hydrogen-bond acceptors (Lipinski definition) is 4. The molecule has 2 aromatic rings. The Kier molecular flexibility index (Phi) is 4.34. The molecule has 0 amide bonds. The molecule has 0 spiro atoms. The van der Waals surface area contributed by atoms with Crippen molar-refractivity contribution in [2.45, 2.75) is 33.1 Å². The first-order chi connectivity index (χ1) is 8.83. The maximum atomic E-state index is 5.36. The van der Waals surface area contributed by atoms with E-state index in [-0.39, 0.29) is 0 Å². The third kappa shape index (κ3) is 3.09. The smallest absolute Gasteiger partial charge is 0.197 e. The Hall–Kier alpha value is -1.84. The number of rotatable bonds is 6. The highest BCUT2D eigenvalue weighted by molar-refractivity contribution is 5.51. The van der Waals surface area contributed by atoms with Crippen LogP contribution < -0.4 is 5.32 Å². The Morgan fingerprint density at radius 1 is 1.22 bits per heavy atom. The van der Waals surface area contributed by atoms with Gasteiger partial charge in [0.1, 0.15) is 5.82 Å². The number of aromatic nitrogens is 2. The second kappa shape index (κ2) is 6.19. The highest BCUT2D eigenvalue weighted by Crippen LogP contribution is 2.19. The molecule has 2 rings (SSSR count). The lowest BCUT2D eigenvalue weighted by Gasteiger charge is -2.07. The van der Waals surface area contributed by atoms with Crippen LogP contribution in [-0.2, 0) is 6.42 Å². The predicted molar refractivity (Wildman–Crippen MR) is 72.5 cm³/mol. The minimum absolute atomic E-state index is 0.657. The Balaban J connectivity index is 2.30. The molecular formula is C14H19N3O. The van der Waals surface area contributed by atoms with Crippen LogP contribution in [0.15, 0.2) is 28.9 Å². The number of nitrogens with one attached hydrogen (secondary N) is 1. The SMILES string of the molecule is CCCNc1cc(CCC)nc(-c2ccco2)n1. The molecular weight excluding hydrogens is 226 g/mol. The molecule has 0 saturated heterocycles. The van der Waals surface area contributed by atoms with Crippen LogP contribution in [0.2, 0.25) is 0 Å². The normalized spacial score (nSPS) is 10.6. The van der Waals surface area contributed by atoms with E-state index in [9.17, 15) is 0 Å². The van der Waals surface area contributed by atoms with Crippen molar-refractivity contribution >= 4 is 5.82 Å². The highest BCUT2D eigenvalue weighted by Gasteiger charge is 2.08. The molecule has 0 unspecified atom stereocenters. The van der Waals surface area contributed by atoms with Crippen LogP contribution in [0.5, 0.6) is 0 Å². The van der Waals surface area contributed by atoms with Crippen LogP contribution in [-0.4, -0.2) is 16.5 Å². The molecule has 0 aliphatic carbocycles. The summed E-state index contributed by atoms with van der Waals surface area (Å²) in [4.78, 5) is 9.01.